The monoisotopic (exact) mass is 225 g/mol. The number of thiophene rings is 1. The molecule has 0 aromatic carbocycles. The molecule has 0 spiro atoms. The fourth-order valence-corrected chi connectivity index (χ4v) is 2.43. The predicted molar refractivity (Wildman–Crippen MR) is 56.1 cm³/mol. The molecule has 1 aliphatic heterocycles. The fourth-order valence-electron chi connectivity index (χ4n) is 1.54. The van der Waals surface area contributed by atoms with E-state index < -0.39 is 5.97 Å². The van der Waals surface area contributed by atoms with E-state index in [1.807, 2.05) is 18.4 Å². The molecule has 5 heteroatoms. The topological polar surface area (TPSA) is 57.6 Å². The van der Waals surface area contributed by atoms with Gasteiger partial charge in [-0.2, -0.15) is 0 Å². The van der Waals surface area contributed by atoms with Crippen molar-refractivity contribution in [3.63, 3.8) is 0 Å². The fraction of sp³-hybridized carbons (Fsp3) is 0.400. The molecule has 1 N–H and O–H groups in total. The van der Waals surface area contributed by atoms with Gasteiger partial charge in [-0.1, -0.05) is 0 Å². The molecule has 0 bridgehead atoms. The first-order chi connectivity index (χ1) is 7.09. The van der Waals surface area contributed by atoms with Crippen LogP contribution in [0.15, 0.2) is 11.4 Å². The van der Waals surface area contributed by atoms with Gasteiger partial charge >= 0.3 is 5.97 Å². The quantitative estimate of drug-likeness (QED) is 0.823. The second kappa shape index (κ2) is 3.66. The third-order valence-corrected chi connectivity index (χ3v) is 3.58. The van der Waals surface area contributed by atoms with Crippen LogP contribution in [0.2, 0.25) is 0 Å². The highest BCUT2D eigenvalue weighted by Gasteiger charge is 2.36. The third kappa shape index (κ3) is 1.74. The average molecular weight is 225 g/mol. The number of likely N-dealkylation sites (tertiary alicyclic amines) is 1. The molecule has 1 fully saturated rings. The minimum atomic E-state index is -0.818. The molecule has 0 atom stereocenters. The van der Waals surface area contributed by atoms with Crippen molar-refractivity contribution < 1.29 is 14.7 Å². The van der Waals surface area contributed by atoms with Crippen LogP contribution in [0.4, 0.5) is 0 Å². The Balaban J connectivity index is 2.01. The molecule has 0 aliphatic carbocycles. The Bertz CT molecular complexity index is 407. The van der Waals surface area contributed by atoms with Gasteiger partial charge in [0.1, 0.15) is 0 Å². The summed E-state index contributed by atoms with van der Waals surface area (Å²) in [6, 6.07) is 1.90. The van der Waals surface area contributed by atoms with Crippen molar-refractivity contribution in [1.29, 1.82) is 0 Å². The normalized spacial score (nSPS) is 16.2. The van der Waals surface area contributed by atoms with E-state index in [1.165, 1.54) is 11.3 Å². The number of aryl methyl sites for hydroxylation is 1. The molecule has 2 rings (SSSR count). The zero-order chi connectivity index (χ0) is 11.0. The minimum Gasteiger partial charge on any atom is -0.481 e. The number of carbonyl (C=O) groups is 2. The third-order valence-electron chi connectivity index (χ3n) is 2.57. The van der Waals surface area contributed by atoms with Crippen molar-refractivity contribution in [2.24, 2.45) is 5.92 Å². The van der Waals surface area contributed by atoms with Crippen LogP contribution in [0.3, 0.4) is 0 Å². The number of carbonyl (C=O) groups excluding carboxylic acids is 1. The average Bonchev–Trinajstić information content (AvgIpc) is 2.47. The lowest BCUT2D eigenvalue weighted by atomic mass is 10.00. The molecular weight excluding hydrogens is 214 g/mol. The SMILES string of the molecule is Cc1ccsc1C(=O)N1CC(C(=O)O)C1. The Morgan fingerprint density at radius 3 is 2.67 bits per heavy atom. The van der Waals surface area contributed by atoms with Gasteiger partial charge in [-0.05, 0) is 23.9 Å². The Labute approximate surface area is 91.1 Å². The maximum Gasteiger partial charge on any atom is 0.310 e. The summed E-state index contributed by atoms with van der Waals surface area (Å²) >= 11 is 1.41. The summed E-state index contributed by atoms with van der Waals surface area (Å²) in [5.41, 5.74) is 0.962. The molecule has 80 valence electrons. The van der Waals surface area contributed by atoms with Gasteiger partial charge < -0.3 is 10.0 Å². The van der Waals surface area contributed by atoms with Crippen molar-refractivity contribution in [2.45, 2.75) is 6.92 Å². The predicted octanol–water partition coefficient (Wildman–Crippen LogP) is 1.21. The largest absolute Gasteiger partial charge is 0.481 e. The smallest absolute Gasteiger partial charge is 0.310 e. The molecule has 1 aromatic rings. The van der Waals surface area contributed by atoms with E-state index in [1.54, 1.807) is 4.90 Å². The van der Waals surface area contributed by atoms with Crippen molar-refractivity contribution in [2.75, 3.05) is 13.1 Å². The highest BCUT2D eigenvalue weighted by Crippen LogP contribution is 2.23. The van der Waals surface area contributed by atoms with Gasteiger partial charge in [-0.15, -0.1) is 11.3 Å². The van der Waals surface area contributed by atoms with Crippen molar-refractivity contribution in [1.82, 2.24) is 4.90 Å². The minimum absolute atomic E-state index is 0.0417. The van der Waals surface area contributed by atoms with Gasteiger partial charge in [0, 0.05) is 13.1 Å². The van der Waals surface area contributed by atoms with Gasteiger partial charge in [0.15, 0.2) is 0 Å². The number of carboxylic acid groups (broad SMARTS) is 1. The first-order valence-electron chi connectivity index (χ1n) is 4.65. The van der Waals surface area contributed by atoms with Crippen LogP contribution in [-0.4, -0.2) is 35.0 Å². The summed E-state index contributed by atoms with van der Waals surface area (Å²) in [7, 11) is 0. The van der Waals surface area contributed by atoms with E-state index in [2.05, 4.69) is 0 Å². The molecule has 1 saturated heterocycles. The summed E-state index contributed by atoms with van der Waals surface area (Å²) in [6.07, 6.45) is 0. The number of nitrogens with zero attached hydrogens (tertiary/aromatic N) is 1. The number of hydrogen-bond donors (Lipinski definition) is 1. The summed E-state index contributed by atoms with van der Waals surface area (Å²) in [4.78, 5) is 24.7. The summed E-state index contributed by atoms with van der Waals surface area (Å²) in [5, 5.41) is 10.6. The molecule has 2 heterocycles. The standard InChI is InChI=1S/C10H11NO3S/c1-6-2-3-15-8(6)9(12)11-4-7(5-11)10(13)14/h2-3,7H,4-5H2,1H3,(H,13,14). The molecule has 4 nitrogen and oxygen atoms in total. The molecule has 0 saturated carbocycles. The molecule has 15 heavy (non-hydrogen) atoms. The van der Waals surface area contributed by atoms with Crippen LogP contribution in [0.25, 0.3) is 0 Å². The first-order valence-corrected chi connectivity index (χ1v) is 5.53. The van der Waals surface area contributed by atoms with Crippen LogP contribution >= 0.6 is 11.3 Å². The second-order valence-corrected chi connectivity index (χ2v) is 4.59. The zero-order valence-corrected chi connectivity index (χ0v) is 9.08. The van der Waals surface area contributed by atoms with E-state index in [4.69, 9.17) is 5.11 Å². The number of carboxylic acids is 1. The van der Waals surface area contributed by atoms with E-state index in [9.17, 15) is 9.59 Å². The summed E-state index contributed by atoms with van der Waals surface area (Å²) in [6.45, 7) is 2.56. The molecule has 0 unspecified atom stereocenters. The van der Waals surface area contributed by atoms with E-state index in [0.29, 0.717) is 13.1 Å². The number of aliphatic carboxylic acids is 1. The van der Waals surface area contributed by atoms with Gasteiger partial charge in [0.2, 0.25) is 0 Å². The van der Waals surface area contributed by atoms with E-state index in [-0.39, 0.29) is 11.8 Å². The van der Waals surface area contributed by atoms with Gasteiger partial charge in [0.05, 0.1) is 10.8 Å². The summed E-state index contributed by atoms with van der Waals surface area (Å²) in [5.74, 6) is -1.24. The van der Waals surface area contributed by atoms with Crippen molar-refractivity contribution >= 4 is 23.2 Å². The number of rotatable bonds is 2. The van der Waals surface area contributed by atoms with Gasteiger partial charge in [-0.25, -0.2) is 0 Å². The van der Waals surface area contributed by atoms with Crippen molar-refractivity contribution in [3.8, 4) is 0 Å². The maximum atomic E-state index is 11.8. The number of amides is 1. The molecule has 1 aromatic heterocycles. The van der Waals surface area contributed by atoms with Gasteiger partial charge in [-0.3, -0.25) is 9.59 Å². The second-order valence-electron chi connectivity index (χ2n) is 3.68. The lowest BCUT2D eigenvalue weighted by Crippen LogP contribution is -2.52. The van der Waals surface area contributed by atoms with Crippen LogP contribution in [0.1, 0.15) is 15.2 Å². The lowest BCUT2D eigenvalue weighted by Gasteiger charge is -2.36. The van der Waals surface area contributed by atoms with Crippen LogP contribution in [0, 0.1) is 12.8 Å². The van der Waals surface area contributed by atoms with Crippen LogP contribution < -0.4 is 0 Å². The Hall–Kier alpha value is -1.36. The number of hydrogen-bond acceptors (Lipinski definition) is 3. The van der Waals surface area contributed by atoms with E-state index >= 15 is 0 Å². The van der Waals surface area contributed by atoms with Crippen LogP contribution in [-0.2, 0) is 4.79 Å². The lowest BCUT2D eigenvalue weighted by molar-refractivity contribution is -0.146. The molecule has 1 aliphatic rings. The first kappa shape index (κ1) is 10.2. The Morgan fingerprint density at radius 2 is 2.20 bits per heavy atom. The van der Waals surface area contributed by atoms with Crippen molar-refractivity contribution in [3.05, 3.63) is 21.9 Å². The highest BCUT2D eigenvalue weighted by molar-refractivity contribution is 7.12. The summed E-state index contributed by atoms with van der Waals surface area (Å²) < 4.78 is 0. The van der Waals surface area contributed by atoms with E-state index in [0.717, 1.165) is 10.4 Å². The highest BCUT2D eigenvalue weighted by atomic mass is 32.1. The zero-order valence-electron chi connectivity index (χ0n) is 8.27. The Morgan fingerprint density at radius 1 is 1.53 bits per heavy atom. The Kier molecular flexibility index (Phi) is 2.48. The maximum absolute atomic E-state index is 11.8. The molecule has 0 radical (unpaired) electrons. The molecular formula is C10H11NO3S. The van der Waals surface area contributed by atoms with Crippen LogP contribution in [0.5, 0.6) is 0 Å². The van der Waals surface area contributed by atoms with Gasteiger partial charge in [0.25, 0.3) is 5.91 Å². The molecule has 1 amide bonds.